The molecule has 4 nitrogen and oxygen atoms in total. The SMILES string of the molecule is Cc1c(Cl)cccc1NC(=O)c1ccc(N2CCCCCC2)cn1. The highest BCUT2D eigenvalue weighted by Crippen LogP contribution is 2.24. The van der Waals surface area contributed by atoms with Crippen LogP contribution in [0.15, 0.2) is 36.5 Å². The van der Waals surface area contributed by atoms with Gasteiger partial charge in [0.2, 0.25) is 0 Å². The molecular weight excluding hydrogens is 322 g/mol. The third-order valence-corrected chi connectivity index (χ3v) is 4.88. The lowest BCUT2D eigenvalue weighted by molar-refractivity contribution is 0.102. The Morgan fingerprint density at radius 2 is 1.88 bits per heavy atom. The molecule has 2 aromatic rings. The number of hydrogen-bond acceptors (Lipinski definition) is 3. The minimum absolute atomic E-state index is 0.220. The Kier molecular flexibility index (Phi) is 5.36. The van der Waals surface area contributed by atoms with Crippen molar-refractivity contribution in [3.8, 4) is 0 Å². The van der Waals surface area contributed by atoms with Gasteiger partial charge in [-0.05, 0) is 49.6 Å². The second-order valence-electron chi connectivity index (χ2n) is 6.17. The number of rotatable bonds is 3. The van der Waals surface area contributed by atoms with Crippen LogP contribution in [0.4, 0.5) is 11.4 Å². The lowest BCUT2D eigenvalue weighted by atomic mass is 10.2. The van der Waals surface area contributed by atoms with Crippen LogP contribution in [0.25, 0.3) is 0 Å². The van der Waals surface area contributed by atoms with Crippen molar-refractivity contribution in [2.45, 2.75) is 32.6 Å². The highest BCUT2D eigenvalue weighted by molar-refractivity contribution is 6.31. The molecule has 1 aromatic carbocycles. The number of aromatic nitrogens is 1. The summed E-state index contributed by atoms with van der Waals surface area (Å²) in [7, 11) is 0. The van der Waals surface area contributed by atoms with Crippen LogP contribution >= 0.6 is 11.6 Å². The molecule has 0 bridgehead atoms. The van der Waals surface area contributed by atoms with Gasteiger partial charge in [-0.2, -0.15) is 0 Å². The molecule has 0 spiro atoms. The smallest absolute Gasteiger partial charge is 0.274 e. The van der Waals surface area contributed by atoms with Crippen LogP contribution in [0.2, 0.25) is 5.02 Å². The molecule has 1 saturated heterocycles. The Morgan fingerprint density at radius 3 is 2.54 bits per heavy atom. The number of anilines is 2. The fourth-order valence-electron chi connectivity index (χ4n) is 2.97. The Morgan fingerprint density at radius 1 is 1.12 bits per heavy atom. The van der Waals surface area contributed by atoms with Gasteiger partial charge in [-0.3, -0.25) is 4.79 Å². The number of amides is 1. The summed E-state index contributed by atoms with van der Waals surface area (Å²) >= 11 is 6.09. The van der Waals surface area contributed by atoms with Crippen LogP contribution in [0, 0.1) is 6.92 Å². The lowest BCUT2D eigenvalue weighted by Gasteiger charge is -2.22. The molecule has 0 radical (unpaired) electrons. The first-order chi connectivity index (χ1) is 11.6. The molecule has 1 aliphatic rings. The van der Waals surface area contributed by atoms with Gasteiger partial charge < -0.3 is 10.2 Å². The Hall–Kier alpha value is -2.07. The first kappa shape index (κ1) is 16.8. The highest BCUT2D eigenvalue weighted by atomic mass is 35.5. The molecule has 2 heterocycles. The summed E-state index contributed by atoms with van der Waals surface area (Å²) < 4.78 is 0. The van der Waals surface area contributed by atoms with Gasteiger partial charge in [0, 0.05) is 23.8 Å². The number of nitrogens with one attached hydrogen (secondary N) is 1. The van der Waals surface area contributed by atoms with E-state index in [1.807, 2.05) is 25.1 Å². The van der Waals surface area contributed by atoms with E-state index in [2.05, 4.69) is 15.2 Å². The summed E-state index contributed by atoms with van der Waals surface area (Å²) in [5.74, 6) is -0.220. The summed E-state index contributed by atoms with van der Waals surface area (Å²) in [5.41, 5.74) is 3.07. The molecular formula is C19H22ClN3O. The number of carbonyl (C=O) groups excluding carboxylic acids is 1. The third kappa shape index (κ3) is 3.88. The average molecular weight is 344 g/mol. The fourth-order valence-corrected chi connectivity index (χ4v) is 3.14. The van der Waals surface area contributed by atoms with Gasteiger partial charge in [-0.1, -0.05) is 30.5 Å². The second-order valence-corrected chi connectivity index (χ2v) is 6.58. The maximum Gasteiger partial charge on any atom is 0.274 e. The van der Waals surface area contributed by atoms with Crippen molar-refractivity contribution in [2.75, 3.05) is 23.3 Å². The summed E-state index contributed by atoms with van der Waals surface area (Å²) in [5, 5.41) is 3.51. The Labute approximate surface area is 147 Å². The van der Waals surface area contributed by atoms with Gasteiger partial charge >= 0.3 is 0 Å². The van der Waals surface area contributed by atoms with E-state index in [-0.39, 0.29) is 5.91 Å². The topological polar surface area (TPSA) is 45.2 Å². The number of hydrogen-bond donors (Lipinski definition) is 1. The van der Waals surface area contributed by atoms with E-state index in [0.29, 0.717) is 16.4 Å². The van der Waals surface area contributed by atoms with Crippen LogP contribution in [0.5, 0.6) is 0 Å². The second kappa shape index (κ2) is 7.67. The molecule has 3 rings (SSSR count). The van der Waals surface area contributed by atoms with E-state index in [1.54, 1.807) is 18.3 Å². The summed E-state index contributed by atoms with van der Waals surface area (Å²) in [6.45, 7) is 4.01. The molecule has 5 heteroatoms. The van der Waals surface area contributed by atoms with Crippen molar-refractivity contribution in [3.63, 3.8) is 0 Å². The van der Waals surface area contributed by atoms with Crippen LogP contribution < -0.4 is 10.2 Å². The molecule has 0 aliphatic carbocycles. The van der Waals surface area contributed by atoms with Crippen molar-refractivity contribution >= 4 is 28.9 Å². The van der Waals surface area contributed by atoms with E-state index in [9.17, 15) is 4.79 Å². The maximum atomic E-state index is 12.4. The first-order valence-electron chi connectivity index (χ1n) is 8.42. The molecule has 0 saturated carbocycles. The van der Waals surface area contributed by atoms with Crippen molar-refractivity contribution < 1.29 is 4.79 Å². The molecule has 1 amide bonds. The summed E-state index contributed by atoms with van der Waals surface area (Å²) in [6, 6.07) is 9.24. The van der Waals surface area contributed by atoms with Crippen LogP contribution in [-0.4, -0.2) is 24.0 Å². The Bertz CT molecular complexity index is 707. The number of pyridine rings is 1. The minimum atomic E-state index is -0.220. The van der Waals surface area contributed by atoms with Gasteiger partial charge in [0.15, 0.2) is 0 Å². The number of benzene rings is 1. The van der Waals surface area contributed by atoms with E-state index < -0.39 is 0 Å². The van der Waals surface area contributed by atoms with Crippen molar-refractivity contribution in [1.82, 2.24) is 4.98 Å². The van der Waals surface area contributed by atoms with E-state index in [4.69, 9.17) is 11.6 Å². The monoisotopic (exact) mass is 343 g/mol. The molecule has 1 fully saturated rings. The van der Waals surface area contributed by atoms with Gasteiger partial charge in [-0.15, -0.1) is 0 Å². The molecule has 1 aromatic heterocycles. The number of carbonyl (C=O) groups is 1. The summed E-state index contributed by atoms with van der Waals surface area (Å²) in [6.07, 6.45) is 6.82. The normalized spacial score (nSPS) is 15.0. The largest absolute Gasteiger partial charge is 0.370 e. The van der Waals surface area contributed by atoms with Crippen molar-refractivity contribution in [2.24, 2.45) is 0 Å². The standard InChI is InChI=1S/C19H22ClN3O/c1-14-16(20)7-6-8-17(14)22-19(24)18-10-9-15(13-21-18)23-11-4-2-3-5-12-23/h6-10,13H,2-5,11-12H2,1H3,(H,22,24). The van der Waals surface area contributed by atoms with Crippen LogP contribution in [0.1, 0.15) is 41.7 Å². The zero-order valence-electron chi connectivity index (χ0n) is 13.9. The maximum absolute atomic E-state index is 12.4. The van der Waals surface area contributed by atoms with E-state index in [1.165, 1.54) is 25.7 Å². The fraction of sp³-hybridized carbons (Fsp3) is 0.368. The predicted molar refractivity (Wildman–Crippen MR) is 99.1 cm³/mol. The Balaban J connectivity index is 1.70. The van der Waals surface area contributed by atoms with E-state index >= 15 is 0 Å². The molecule has 1 N–H and O–H groups in total. The van der Waals surface area contributed by atoms with E-state index in [0.717, 1.165) is 24.3 Å². The number of nitrogens with zero attached hydrogens (tertiary/aromatic N) is 2. The quantitative estimate of drug-likeness (QED) is 0.880. The van der Waals surface area contributed by atoms with Crippen LogP contribution in [0.3, 0.4) is 0 Å². The molecule has 126 valence electrons. The minimum Gasteiger partial charge on any atom is -0.370 e. The van der Waals surface area contributed by atoms with Crippen molar-refractivity contribution in [1.29, 1.82) is 0 Å². The lowest BCUT2D eigenvalue weighted by Crippen LogP contribution is -2.24. The van der Waals surface area contributed by atoms with Gasteiger partial charge in [0.25, 0.3) is 5.91 Å². The highest BCUT2D eigenvalue weighted by Gasteiger charge is 2.13. The average Bonchev–Trinajstić information content (AvgIpc) is 2.88. The summed E-state index contributed by atoms with van der Waals surface area (Å²) in [4.78, 5) is 19.1. The van der Waals surface area contributed by atoms with Crippen LogP contribution in [-0.2, 0) is 0 Å². The molecule has 0 unspecified atom stereocenters. The van der Waals surface area contributed by atoms with Gasteiger partial charge in [0.1, 0.15) is 5.69 Å². The third-order valence-electron chi connectivity index (χ3n) is 4.47. The first-order valence-corrected chi connectivity index (χ1v) is 8.80. The predicted octanol–water partition coefficient (Wildman–Crippen LogP) is 4.68. The zero-order chi connectivity index (χ0) is 16.9. The molecule has 24 heavy (non-hydrogen) atoms. The zero-order valence-corrected chi connectivity index (χ0v) is 14.6. The van der Waals surface area contributed by atoms with Gasteiger partial charge in [-0.25, -0.2) is 4.98 Å². The van der Waals surface area contributed by atoms with Gasteiger partial charge in [0.05, 0.1) is 11.9 Å². The number of halogens is 1. The molecule has 0 atom stereocenters. The molecule has 1 aliphatic heterocycles. The van der Waals surface area contributed by atoms with Crippen molar-refractivity contribution in [3.05, 3.63) is 52.8 Å².